The quantitative estimate of drug-likeness (QED) is 0.257. The molecular formula is C31H39FN4O7. The van der Waals surface area contributed by atoms with Gasteiger partial charge in [0.05, 0.1) is 12.8 Å². The van der Waals surface area contributed by atoms with E-state index < -0.39 is 47.6 Å². The second kappa shape index (κ2) is 13.6. The van der Waals surface area contributed by atoms with Crippen LogP contribution in [-0.2, 0) is 24.0 Å². The van der Waals surface area contributed by atoms with Crippen LogP contribution < -0.4 is 10.6 Å². The van der Waals surface area contributed by atoms with Gasteiger partial charge in [0.1, 0.15) is 35.6 Å². The average molecular weight is 599 g/mol. The van der Waals surface area contributed by atoms with Crippen molar-refractivity contribution in [1.82, 2.24) is 15.5 Å². The van der Waals surface area contributed by atoms with Gasteiger partial charge in [0, 0.05) is 12.3 Å². The molecule has 232 valence electrons. The molecule has 2 aliphatic heterocycles. The van der Waals surface area contributed by atoms with E-state index in [1.165, 1.54) is 35.4 Å². The number of hydrogen-bond acceptors (Lipinski definition) is 7. The number of oxime groups is 1. The number of carbonyl (C=O) groups is 4. The lowest BCUT2D eigenvalue weighted by atomic mass is 10.0. The van der Waals surface area contributed by atoms with Gasteiger partial charge in [0.25, 0.3) is 0 Å². The number of aliphatic carboxylic acids is 1. The van der Waals surface area contributed by atoms with Crippen molar-refractivity contribution in [3.8, 4) is 0 Å². The summed E-state index contributed by atoms with van der Waals surface area (Å²) in [6.45, 7) is 0.0108. The van der Waals surface area contributed by atoms with Crippen LogP contribution in [0.25, 0.3) is 0 Å². The van der Waals surface area contributed by atoms with Gasteiger partial charge in [0.15, 0.2) is 0 Å². The molecule has 2 heterocycles. The number of halogens is 1. The predicted octanol–water partition coefficient (Wildman–Crippen LogP) is 3.66. The van der Waals surface area contributed by atoms with E-state index in [9.17, 15) is 28.7 Å². The number of hydrogen-bond donors (Lipinski definition) is 3. The summed E-state index contributed by atoms with van der Waals surface area (Å²) in [6.07, 6.45) is 11.0. The van der Waals surface area contributed by atoms with Crippen LogP contribution in [0.2, 0.25) is 0 Å². The molecule has 5 rings (SSSR count). The number of fused-ring (bicyclic) bond motifs is 2. The summed E-state index contributed by atoms with van der Waals surface area (Å²) in [5, 5.41) is 19.4. The fourth-order valence-corrected chi connectivity index (χ4v) is 6.20. The molecule has 1 saturated heterocycles. The van der Waals surface area contributed by atoms with Crippen molar-refractivity contribution in [3.63, 3.8) is 0 Å². The number of ether oxygens (including phenoxy) is 1. The lowest BCUT2D eigenvalue weighted by molar-refractivity contribution is -0.145. The molecule has 1 aromatic carbocycles. The van der Waals surface area contributed by atoms with E-state index >= 15 is 0 Å². The van der Waals surface area contributed by atoms with Crippen molar-refractivity contribution in [2.45, 2.75) is 100 Å². The van der Waals surface area contributed by atoms with Gasteiger partial charge in [-0.15, -0.1) is 0 Å². The molecule has 0 aromatic heterocycles. The molecular weight excluding hydrogens is 559 g/mol. The van der Waals surface area contributed by atoms with Gasteiger partial charge in [-0.2, -0.15) is 0 Å². The Morgan fingerprint density at radius 2 is 1.81 bits per heavy atom. The molecule has 0 bridgehead atoms. The summed E-state index contributed by atoms with van der Waals surface area (Å²) in [4.78, 5) is 59.6. The van der Waals surface area contributed by atoms with Gasteiger partial charge in [0.2, 0.25) is 11.8 Å². The smallest absolute Gasteiger partial charge is 0.408 e. The summed E-state index contributed by atoms with van der Waals surface area (Å²) in [6, 6.07) is 3.70. The van der Waals surface area contributed by atoms with Gasteiger partial charge in [-0.05, 0) is 69.1 Å². The highest BCUT2D eigenvalue weighted by Crippen LogP contribution is 2.45. The summed E-state index contributed by atoms with van der Waals surface area (Å²) in [5.41, 5.74) is -0.824. The van der Waals surface area contributed by atoms with E-state index in [1.54, 1.807) is 0 Å². The van der Waals surface area contributed by atoms with Crippen molar-refractivity contribution >= 4 is 30.1 Å². The van der Waals surface area contributed by atoms with Crippen LogP contribution in [0, 0.1) is 11.7 Å². The molecule has 3 amide bonds. The maximum absolute atomic E-state index is 14.0. The highest BCUT2D eigenvalue weighted by molar-refractivity contribution is 5.96. The molecule has 3 N–H and O–H groups in total. The van der Waals surface area contributed by atoms with E-state index in [0.717, 1.165) is 44.9 Å². The average Bonchev–Trinajstić information content (AvgIpc) is 3.27. The first-order valence-electron chi connectivity index (χ1n) is 15.2. The van der Waals surface area contributed by atoms with Crippen LogP contribution in [-0.4, -0.2) is 76.5 Å². The largest absolute Gasteiger partial charge is 0.479 e. The SMILES string of the molecule is O=C(N[C@H]1CCCCC/C=C\[C@@H]2C[C@]2(C(=O)O)NC(=O)[C@@H]2C[C@@H](O/N=C/c3ccc(F)cc3)CN2C1=O)OC1CCCC1. The number of rotatable bonds is 6. The Morgan fingerprint density at radius 3 is 2.56 bits per heavy atom. The molecule has 12 heteroatoms. The fourth-order valence-electron chi connectivity index (χ4n) is 6.20. The first kappa shape index (κ1) is 30.5. The standard InChI is InChI=1S/C31H39FN4O7/c32-22-14-12-20(13-15-22)18-33-43-24-16-26-27(37)35-31(29(39)40)17-21(31)8-4-2-1-3-5-11-25(28(38)36(26)19-24)34-30(41)42-23-9-6-7-10-23/h4,8,12-15,18,21,23-26H,1-3,5-7,9-11,16-17,19H2,(H,34,41)(H,35,37)(H,39,40)/b8-4-,33-18+/t21-,24-,25+,26+,31+/m1/s1. The summed E-state index contributed by atoms with van der Waals surface area (Å²) in [5.74, 6) is -2.90. The zero-order chi connectivity index (χ0) is 30.4. The van der Waals surface area contributed by atoms with Gasteiger partial charge in [-0.1, -0.05) is 42.3 Å². The van der Waals surface area contributed by atoms with E-state index in [4.69, 9.17) is 9.57 Å². The van der Waals surface area contributed by atoms with E-state index in [0.29, 0.717) is 18.4 Å². The van der Waals surface area contributed by atoms with Crippen molar-refractivity contribution in [1.29, 1.82) is 0 Å². The minimum absolute atomic E-state index is 0.0108. The third-order valence-corrected chi connectivity index (χ3v) is 8.77. The number of benzene rings is 1. The number of allylic oxidation sites excluding steroid dienone is 1. The first-order chi connectivity index (χ1) is 20.7. The number of nitrogens with one attached hydrogen (secondary N) is 2. The van der Waals surface area contributed by atoms with Gasteiger partial charge in [-0.3, -0.25) is 9.59 Å². The van der Waals surface area contributed by atoms with Gasteiger partial charge >= 0.3 is 12.1 Å². The summed E-state index contributed by atoms with van der Waals surface area (Å²) in [7, 11) is 0. The maximum atomic E-state index is 14.0. The van der Waals surface area contributed by atoms with Crippen LogP contribution in [0.3, 0.4) is 0 Å². The zero-order valence-corrected chi connectivity index (χ0v) is 24.1. The third-order valence-electron chi connectivity index (χ3n) is 8.77. The minimum atomic E-state index is -1.43. The van der Waals surface area contributed by atoms with Crippen molar-refractivity contribution in [2.75, 3.05) is 6.54 Å². The summed E-state index contributed by atoms with van der Waals surface area (Å²) >= 11 is 0. The van der Waals surface area contributed by atoms with Crippen molar-refractivity contribution in [2.24, 2.45) is 11.1 Å². The van der Waals surface area contributed by atoms with E-state index in [-0.39, 0.29) is 37.2 Å². The Labute approximate surface area is 249 Å². The molecule has 5 atom stereocenters. The predicted molar refractivity (Wildman–Crippen MR) is 153 cm³/mol. The van der Waals surface area contributed by atoms with E-state index in [1.807, 2.05) is 12.2 Å². The minimum Gasteiger partial charge on any atom is -0.479 e. The lowest BCUT2D eigenvalue weighted by Crippen LogP contribution is -2.56. The van der Waals surface area contributed by atoms with Crippen LogP contribution in [0.4, 0.5) is 9.18 Å². The number of alkyl carbamates (subject to hydrolysis) is 1. The molecule has 3 fully saturated rings. The molecule has 0 unspecified atom stereocenters. The fraction of sp³-hybridized carbons (Fsp3) is 0.581. The molecule has 2 aliphatic carbocycles. The lowest BCUT2D eigenvalue weighted by Gasteiger charge is -2.29. The molecule has 11 nitrogen and oxygen atoms in total. The summed E-state index contributed by atoms with van der Waals surface area (Å²) < 4.78 is 18.8. The third kappa shape index (κ3) is 7.52. The zero-order valence-electron chi connectivity index (χ0n) is 24.1. The van der Waals surface area contributed by atoms with Crippen LogP contribution in [0.1, 0.15) is 76.2 Å². The topological polar surface area (TPSA) is 147 Å². The molecule has 0 radical (unpaired) electrons. The molecule has 43 heavy (non-hydrogen) atoms. The van der Waals surface area contributed by atoms with E-state index in [2.05, 4.69) is 15.8 Å². The highest BCUT2D eigenvalue weighted by atomic mass is 19.1. The second-order valence-corrected chi connectivity index (χ2v) is 11.9. The number of carboxylic acid groups (broad SMARTS) is 1. The normalized spacial score (nSPS) is 30.9. The number of carbonyl (C=O) groups excluding carboxylic acids is 3. The molecule has 4 aliphatic rings. The van der Waals surface area contributed by atoms with Crippen LogP contribution in [0.15, 0.2) is 41.6 Å². The maximum Gasteiger partial charge on any atom is 0.408 e. The highest BCUT2D eigenvalue weighted by Gasteiger charge is 2.61. The molecule has 2 saturated carbocycles. The Balaban J connectivity index is 1.35. The monoisotopic (exact) mass is 598 g/mol. The Hall–Kier alpha value is -3.96. The van der Waals surface area contributed by atoms with Crippen LogP contribution >= 0.6 is 0 Å². The van der Waals surface area contributed by atoms with Gasteiger partial charge < -0.3 is 30.2 Å². The Kier molecular flexibility index (Phi) is 9.62. The van der Waals surface area contributed by atoms with Gasteiger partial charge in [-0.25, -0.2) is 14.0 Å². The van der Waals surface area contributed by atoms with Crippen molar-refractivity contribution in [3.05, 3.63) is 47.8 Å². The molecule has 0 spiro atoms. The Morgan fingerprint density at radius 1 is 1.07 bits per heavy atom. The second-order valence-electron chi connectivity index (χ2n) is 11.9. The van der Waals surface area contributed by atoms with Crippen LogP contribution in [0.5, 0.6) is 0 Å². The first-order valence-corrected chi connectivity index (χ1v) is 15.2. The molecule has 1 aromatic rings. The Bertz CT molecular complexity index is 1250. The number of amides is 3. The number of nitrogens with zero attached hydrogens (tertiary/aromatic N) is 2. The number of carboxylic acids is 1. The van der Waals surface area contributed by atoms with Crippen molar-refractivity contribution < 1.29 is 38.2 Å².